The Morgan fingerprint density at radius 1 is 1.29 bits per heavy atom. The first-order valence-electron chi connectivity index (χ1n) is 6.91. The van der Waals surface area contributed by atoms with Crippen molar-refractivity contribution in [3.05, 3.63) is 0 Å². The fourth-order valence-corrected chi connectivity index (χ4v) is 3.41. The zero-order valence-corrected chi connectivity index (χ0v) is 10.5. The Kier molecular flexibility index (Phi) is 3.09. The number of carbonyl (C=O) groups is 1. The van der Waals surface area contributed by atoms with E-state index in [0.29, 0.717) is 12.0 Å². The van der Waals surface area contributed by atoms with Gasteiger partial charge in [0.05, 0.1) is 6.10 Å². The van der Waals surface area contributed by atoms with E-state index in [1.165, 1.54) is 12.8 Å². The van der Waals surface area contributed by atoms with Crippen molar-refractivity contribution in [1.82, 2.24) is 10.2 Å². The Labute approximate surface area is 103 Å². The first-order valence-corrected chi connectivity index (χ1v) is 6.91. The molecule has 1 N–H and O–H groups in total. The van der Waals surface area contributed by atoms with Gasteiger partial charge in [0.2, 0.25) is 0 Å². The van der Waals surface area contributed by atoms with Crippen molar-refractivity contribution in [2.24, 2.45) is 5.92 Å². The summed E-state index contributed by atoms with van der Waals surface area (Å²) in [5.41, 5.74) is 0. The van der Waals surface area contributed by atoms with Gasteiger partial charge in [0, 0.05) is 19.1 Å². The van der Waals surface area contributed by atoms with Crippen LogP contribution >= 0.6 is 0 Å². The molecule has 3 saturated heterocycles. The number of hydrogen-bond acceptors (Lipinski definition) is 3. The van der Waals surface area contributed by atoms with Gasteiger partial charge in [-0.15, -0.1) is 0 Å². The molecule has 3 fully saturated rings. The molecule has 0 saturated carbocycles. The summed E-state index contributed by atoms with van der Waals surface area (Å²) in [6.45, 7) is 4.99. The number of piperidine rings is 1. The molecule has 3 aliphatic heterocycles. The smallest absolute Gasteiger partial charge is 0.251 e. The van der Waals surface area contributed by atoms with E-state index < -0.39 is 0 Å². The monoisotopic (exact) mass is 238 g/mol. The minimum absolute atomic E-state index is 0.162. The summed E-state index contributed by atoms with van der Waals surface area (Å²) in [4.78, 5) is 14.3. The first kappa shape index (κ1) is 11.5. The van der Waals surface area contributed by atoms with Gasteiger partial charge in [0.25, 0.3) is 5.91 Å². The van der Waals surface area contributed by atoms with Crippen molar-refractivity contribution in [3.63, 3.8) is 0 Å². The lowest BCUT2D eigenvalue weighted by atomic mass is 9.94. The van der Waals surface area contributed by atoms with Crippen LogP contribution in [0.15, 0.2) is 0 Å². The zero-order chi connectivity index (χ0) is 11.8. The van der Waals surface area contributed by atoms with E-state index in [2.05, 4.69) is 12.2 Å². The minimum atomic E-state index is -0.162. The van der Waals surface area contributed by atoms with Gasteiger partial charge in [-0.3, -0.25) is 4.79 Å². The molecule has 0 aromatic carbocycles. The Balaban J connectivity index is 1.60. The van der Waals surface area contributed by atoms with Crippen molar-refractivity contribution in [3.8, 4) is 0 Å². The van der Waals surface area contributed by atoms with Crippen LogP contribution in [0.4, 0.5) is 0 Å². The van der Waals surface area contributed by atoms with Crippen LogP contribution in [-0.4, -0.2) is 48.7 Å². The standard InChI is InChI=1S/C13H22N2O2/c1-9-4-5-12(17-9)13(16)15-7-10-3-2-6-14-11(10)8-15/h9-12,14H,2-8H2,1H3. The molecule has 96 valence electrons. The van der Waals surface area contributed by atoms with Crippen LogP contribution in [0.3, 0.4) is 0 Å². The highest BCUT2D eigenvalue weighted by atomic mass is 16.5. The van der Waals surface area contributed by atoms with Crippen molar-refractivity contribution in [2.45, 2.75) is 50.9 Å². The largest absolute Gasteiger partial charge is 0.365 e. The van der Waals surface area contributed by atoms with E-state index in [4.69, 9.17) is 4.74 Å². The van der Waals surface area contributed by atoms with Crippen LogP contribution in [0.2, 0.25) is 0 Å². The third kappa shape index (κ3) is 2.20. The van der Waals surface area contributed by atoms with Gasteiger partial charge in [0.1, 0.15) is 6.10 Å². The second-order valence-corrected chi connectivity index (χ2v) is 5.72. The summed E-state index contributed by atoms with van der Waals surface area (Å²) in [7, 11) is 0. The number of hydrogen-bond donors (Lipinski definition) is 1. The molecule has 0 aromatic heterocycles. The predicted octanol–water partition coefficient (Wildman–Crippen LogP) is 0.764. The Bertz CT molecular complexity index is 294. The molecule has 0 spiro atoms. The summed E-state index contributed by atoms with van der Waals surface area (Å²) in [5, 5.41) is 3.53. The summed E-state index contributed by atoms with van der Waals surface area (Å²) in [6, 6.07) is 0.534. The molecule has 3 heterocycles. The second kappa shape index (κ2) is 4.58. The number of nitrogens with zero attached hydrogens (tertiary/aromatic N) is 1. The van der Waals surface area contributed by atoms with Crippen LogP contribution in [0.25, 0.3) is 0 Å². The lowest BCUT2D eigenvalue weighted by molar-refractivity contribution is -0.141. The van der Waals surface area contributed by atoms with E-state index >= 15 is 0 Å². The molecule has 3 rings (SSSR count). The van der Waals surface area contributed by atoms with E-state index in [1.54, 1.807) is 0 Å². The van der Waals surface area contributed by atoms with E-state index in [9.17, 15) is 4.79 Å². The van der Waals surface area contributed by atoms with Crippen LogP contribution in [0.5, 0.6) is 0 Å². The normalized spacial score (nSPS) is 41.6. The van der Waals surface area contributed by atoms with Gasteiger partial charge in [-0.05, 0) is 45.1 Å². The van der Waals surface area contributed by atoms with Gasteiger partial charge in [0.15, 0.2) is 0 Å². The van der Waals surface area contributed by atoms with Crippen molar-refractivity contribution >= 4 is 5.91 Å². The van der Waals surface area contributed by atoms with E-state index in [-0.39, 0.29) is 18.1 Å². The Hall–Kier alpha value is -0.610. The minimum Gasteiger partial charge on any atom is -0.365 e. The van der Waals surface area contributed by atoms with Gasteiger partial charge in [-0.2, -0.15) is 0 Å². The summed E-state index contributed by atoms with van der Waals surface area (Å²) in [6.07, 6.45) is 4.54. The van der Waals surface area contributed by atoms with Crippen molar-refractivity contribution in [2.75, 3.05) is 19.6 Å². The number of fused-ring (bicyclic) bond motifs is 1. The molecule has 17 heavy (non-hydrogen) atoms. The maximum Gasteiger partial charge on any atom is 0.251 e. The second-order valence-electron chi connectivity index (χ2n) is 5.72. The van der Waals surface area contributed by atoms with E-state index in [1.807, 2.05) is 4.90 Å². The third-order valence-electron chi connectivity index (χ3n) is 4.42. The highest BCUT2D eigenvalue weighted by Gasteiger charge is 2.40. The fraction of sp³-hybridized carbons (Fsp3) is 0.923. The molecular weight excluding hydrogens is 216 g/mol. The first-order chi connectivity index (χ1) is 8.24. The molecule has 0 radical (unpaired) electrons. The van der Waals surface area contributed by atoms with Gasteiger partial charge in [-0.1, -0.05) is 0 Å². The number of nitrogens with one attached hydrogen (secondary N) is 1. The van der Waals surface area contributed by atoms with Crippen LogP contribution < -0.4 is 5.32 Å². The predicted molar refractivity (Wildman–Crippen MR) is 64.7 cm³/mol. The average molecular weight is 238 g/mol. The van der Waals surface area contributed by atoms with Gasteiger partial charge < -0.3 is 15.0 Å². The quantitative estimate of drug-likeness (QED) is 0.733. The SMILES string of the molecule is CC1CCC(C(=O)N2CC3CCCNC3C2)O1. The number of rotatable bonds is 1. The number of ether oxygens (including phenoxy) is 1. The molecule has 1 amide bonds. The molecule has 4 unspecified atom stereocenters. The number of amides is 1. The Morgan fingerprint density at radius 3 is 2.88 bits per heavy atom. The number of likely N-dealkylation sites (tertiary alicyclic amines) is 1. The third-order valence-corrected chi connectivity index (χ3v) is 4.42. The molecule has 0 aliphatic carbocycles. The maximum atomic E-state index is 12.3. The molecule has 4 atom stereocenters. The van der Waals surface area contributed by atoms with E-state index in [0.717, 1.165) is 32.5 Å². The highest BCUT2D eigenvalue weighted by molar-refractivity contribution is 5.81. The molecule has 4 nitrogen and oxygen atoms in total. The van der Waals surface area contributed by atoms with Crippen LogP contribution in [0, 0.1) is 5.92 Å². The summed E-state index contributed by atoms with van der Waals surface area (Å²) < 4.78 is 5.68. The average Bonchev–Trinajstić information content (AvgIpc) is 2.93. The maximum absolute atomic E-state index is 12.3. The summed E-state index contributed by atoms with van der Waals surface area (Å²) >= 11 is 0. The molecular formula is C13H22N2O2. The fourth-order valence-electron chi connectivity index (χ4n) is 3.41. The van der Waals surface area contributed by atoms with Crippen molar-refractivity contribution in [1.29, 1.82) is 0 Å². The van der Waals surface area contributed by atoms with Crippen LogP contribution in [0.1, 0.15) is 32.6 Å². The Morgan fingerprint density at radius 2 is 2.18 bits per heavy atom. The molecule has 4 heteroatoms. The highest BCUT2D eigenvalue weighted by Crippen LogP contribution is 2.28. The topological polar surface area (TPSA) is 41.6 Å². The lowest BCUT2D eigenvalue weighted by Crippen LogP contribution is -2.42. The number of carbonyl (C=O) groups excluding carboxylic acids is 1. The van der Waals surface area contributed by atoms with Crippen LogP contribution in [-0.2, 0) is 9.53 Å². The van der Waals surface area contributed by atoms with Crippen molar-refractivity contribution < 1.29 is 9.53 Å². The molecule has 0 bridgehead atoms. The molecule has 3 aliphatic rings. The summed E-state index contributed by atoms with van der Waals surface area (Å²) in [5.74, 6) is 0.900. The van der Waals surface area contributed by atoms with Gasteiger partial charge >= 0.3 is 0 Å². The lowest BCUT2D eigenvalue weighted by Gasteiger charge is -2.24. The van der Waals surface area contributed by atoms with Gasteiger partial charge in [-0.25, -0.2) is 0 Å². The zero-order valence-electron chi connectivity index (χ0n) is 10.5. The molecule has 0 aromatic rings.